The third-order valence-corrected chi connectivity index (χ3v) is 3.65. The first-order chi connectivity index (χ1) is 11.6. The molecule has 0 aliphatic carbocycles. The van der Waals surface area contributed by atoms with Gasteiger partial charge in [-0.15, -0.1) is 0 Å². The van der Waals surface area contributed by atoms with E-state index in [2.05, 4.69) is 0 Å². The second-order valence-electron chi connectivity index (χ2n) is 5.31. The van der Waals surface area contributed by atoms with Crippen molar-refractivity contribution in [3.8, 4) is 11.5 Å². The van der Waals surface area contributed by atoms with E-state index >= 15 is 0 Å². The number of para-hydroxylation sites is 1. The molecule has 0 aromatic heterocycles. The summed E-state index contributed by atoms with van der Waals surface area (Å²) in [5.41, 5.74) is 1.53. The van der Waals surface area contributed by atoms with Gasteiger partial charge in [-0.1, -0.05) is 42.5 Å². The van der Waals surface area contributed by atoms with E-state index in [1.165, 1.54) is 12.1 Å². The zero-order valence-corrected chi connectivity index (χ0v) is 12.8. The molecule has 3 rings (SSSR count). The fourth-order valence-electron chi connectivity index (χ4n) is 2.34. The van der Waals surface area contributed by atoms with Gasteiger partial charge in [0.05, 0.1) is 5.56 Å². The normalized spacial score (nSPS) is 11.7. The highest BCUT2D eigenvalue weighted by Gasteiger charge is 2.11. The molecule has 0 amide bonds. The van der Waals surface area contributed by atoms with Gasteiger partial charge in [-0.05, 0) is 47.5 Å². The number of rotatable bonds is 5. The molecule has 0 aliphatic heterocycles. The number of carboxylic acids is 1. The van der Waals surface area contributed by atoms with E-state index in [0.717, 1.165) is 5.75 Å². The van der Waals surface area contributed by atoms with Crippen molar-refractivity contribution in [1.82, 2.24) is 0 Å². The average Bonchev–Trinajstić information content (AvgIpc) is 2.63. The number of aliphatic hydroxyl groups excluding tert-OH is 1. The molecule has 3 aromatic carbocycles. The van der Waals surface area contributed by atoms with Crippen LogP contribution in [0.4, 0.5) is 0 Å². The van der Waals surface area contributed by atoms with Gasteiger partial charge >= 0.3 is 5.97 Å². The third-order valence-electron chi connectivity index (χ3n) is 3.65. The Kier molecular flexibility index (Phi) is 4.59. The van der Waals surface area contributed by atoms with Crippen LogP contribution in [0.5, 0.6) is 11.5 Å². The summed E-state index contributed by atoms with van der Waals surface area (Å²) in [5.74, 6) is 0.437. The van der Waals surface area contributed by atoms with Crippen LogP contribution in [0.3, 0.4) is 0 Å². The highest BCUT2D eigenvalue weighted by atomic mass is 16.5. The summed E-state index contributed by atoms with van der Waals surface area (Å²) in [4.78, 5) is 10.9. The Labute approximate surface area is 139 Å². The second kappa shape index (κ2) is 6.98. The molecular formula is C20H16O4. The Bertz CT molecular complexity index is 809. The van der Waals surface area contributed by atoms with Gasteiger partial charge in [-0.3, -0.25) is 0 Å². The van der Waals surface area contributed by atoms with Crippen LogP contribution in [0.1, 0.15) is 27.6 Å². The van der Waals surface area contributed by atoms with E-state index in [1.54, 1.807) is 36.4 Å². The average molecular weight is 320 g/mol. The molecule has 0 spiro atoms. The molecule has 120 valence electrons. The van der Waals surface area contributed by atoms with Crippen molar-refractivity contribution >= 4 is 5.97 Å². The van der Waals surface area contributed by atoms with E-state index in [9.17, 15) is 9.90 Å². The number of aromatic carboxylic acids is 1. The topological polar surface area (TPSA) is 66.8 Å². The van der Waals surface area contributed by atoms with Crippen molar-refractivity contribution < 1.29 is 19.7 Å². The summed E-state index contributed by atoms with van der Waals surface area (Å²) in [7, 11) is 0. The lowest BCUT2D eigenvalue weighted by Gasteiger charge is -2.13. The molecule has 0 saturated carbocycles. The third kappa shape index (κ3) is 3.62. The molecule has 2 N–H and O–H groups in total. The predicted molar refractivity (Wildman–Crippen MR) is 90.4 cm³/mol. The van der Waals surface area contributed by atoms with Gasteiger partial charge < -0.3 is 14.9 Å². The molecule has 0 saturated heterocycles. The van der Waals surface area contributed by atoms with Crippen molar-refractivity contribution in [3.63, 3.8) is 0 Å². The molecule has 0 aliphatic rings. The predicted octanol–water partition coefficient (Wildman–Crippen LogP) is 4.26. The SMILES string of the molecule is O=C(O)c1ccc(C(O)c2ccc(Oc3ccccc3)cc2)cc1. The van der Waals surface area contributed by atoms with Crippen molar-refractivity contribution in [3.05, 3.63) is 95.6 Å². The smallest absolute Gasteiger partial charge is 0.335 e. The standard InChI is InChI=1S/C20H16O4/c21-19(14-6-8-16(9-7-14)20(22)23)15-10-12-18(13-11-15)24-17-4-2-1-3-5-17/h1-13,19,21H,(H,22,23). The summed E-state index contributed by atoms with van der Waals surface area (Å²) in [6, 6.07) is 22.8. The lowest BCUT2D eigenvalue weighted by Crippen LogP contribution is -2.01. The maximum atomic E-state index is 10.9. The Hall–Kier alpha value is -3.11. The first-order valence-corrected chi connectivity index (χ1v) is 7.47. The molecule has 0 radical (unpaired) electrons. The number of hydrogen-bond acceptors (Lipinski definition) is 3. The molecule has 0 heterocycles. The van der Waals surface area contributed by atoms with Crippen LogP contribution < -0.4 is 4.74 Å². The summed E-state index contributed by atoms with van der Waals surface area (Å²) >= 11 is 0. The zero-order valence-electron chi connectivity index (χ0n) is 12.8. The number of aliphatic hydroxyl groups is 1. The second-order valence-corrected chi connectivity index (χ2v) is 5.31. The first kappa shape index (κ1) is 15.8. The Morgan fingerprint density at radius 3 is 1.79 bits per heavy atom. The molecule has 1 atom stereocenters. The largest absolute Gasteiger partial charge is 0.478 e. The number of hydrogen-bond donors (Lipinski definition) is 2. The Morgan fingerprint density at radius 2 is 1.25 bits per heavy atom. The quantitative estimate of drug-likeness (QED) is 0.737. The minimum absolute atomic E-state index is 0.192. The lowest BCUT2D eigenvalue weighted by atomic mass is 10.0. The highest BCUT2D eigenvalue weighted by molar-refractivity contribution is 5.87. The molecular weight excluding hydrogens is 304 g/mol. The lowest BCUT2D eigenvalue weighted by molar-refractivity contribution is 0.0696. The van der Waals surface area contributed by atoms with Gasteiger partial charge in [-0.2, -0.15) is 0 Å². The Morgan fingerprint density at radius 1 is 0.750 bits per heavy atom. The molecule has 3 aromatic rings. The van der Waals surface area contributed by atoms with E-state index in [-0.39, 0.29) is 5.56 Å². The van der Waals surface area contributed by atoms with Crippen molar-refractivity contribution in [1.29, 1.82) is 0 Å². The maximum absolute atomic E-state index is 10.9. The summed E-state index contributed by atoms with van der Waals surface area (Å²) in [6.07, 6.45) is -0.821. The summed E-state index contributed by atoms with van der Waals surface area (Å²) in [5, 5.41) is 19.3. The van der Waals surface area contributed by atoms with Crippen LogP contribution in [0.2, 0.25) is 0 Å². The van der Waals surface area contributed by atoms with E-state index in [0.29, 0.717) is 16.9 Å². The molecule has 4 nitrogen and oxygen atoms in total. The zero-order chi connectivity index (χ0) is 16.9. The summed E-state index contributed by atoms with van der Waals surface area (Å²) < 4.78 is 5.71. The highest BCUT2D eigenvalue weighted by Crippen LogP contribution is 2.26. The van der Waals surface area contributed by atoms with Crippen molar-refractivity contribution in [2.24, 2.45) is 0 Å². The number of ether oxygens (including phenoxy) is 1. The molecule has 0 bridgehead atoms. The van der Waals surface area contributed by atoms with Gasteiger partial charge in [0.2, 0.25) is 0 Å². The Balaban J connectivity index is 1.73. The van der Waals surface area contributed by atoms with E-state index in [1.807, 2.05) is 30.3 Å². The van der Waals surface area contributed by atoms with Gasteiger partial charge in [0.1, 0.15) is 17.6 Å². The van der Waals surface area contributed by atoms with Gasteiger partial charge in [0.25, 0.3) is 0 Å². The molecule has 24 heavy (non-hydrogen) atoms. The van der Waals surface area contributed by atoms with Crippen LogP contribution in [-0.2, 0) is 0 Å². The van der Waals surface area contributed by atoms with Gasteiger partial charge in [0, 0.05) is 0 Å². The minimum Gasteiger partial charge on any atom is -0.478 e. The number of carbonyl (C=O) groups is 1. The molecule has 4 heteroatoms. The van der Waals surface area contributed by atoms with Crippen LogP contribution in [0.25, 0.3) is 0 Å². The van der Waals surface area contributed by atoms with E-state index < -0.39 is 12.1 Å². The molecule has 0 fully saturated rings. The van der Waals surface area contributed by atoms with Crippen LogP contribution in [0.15, 0.2) is 78.9 Å². The monoisotopic (exact) mass is 320 g/mol. The number of carboxylic acid groups (broad SMARTS) is 1. The number of benzene rings is 3. The molecule has 1 unspecified atom stereocenters. The van der Waals surface area contributed by atoms with Crippen LogP contribution >= 0.6 is 0 Å². The maximum Gasteiger partial charge on any atom is 0.335 e. The fraction of sp³-hybridized carbons (Fsp3) is 0.0500. The van der Waals surface area contributed by atoms with Crippen LogP contribution in [0, 0.1) is 0 Å². The van der Waals surface area contributed by atoms with E-state index in [4.69, 9.17) is 9.84 Å². The van der Waals surface area contributed by atoms with Crippen LogP contribution in [-0.4, -0.2) is 16.2 Å². The van der Waals surface area contributed by atoms with Gasteiger partial charge in [0.15, 0.2) is 0 Å². The fourth-order valence-corrected chi connectivity index (χ4v) is 2.34. The first-order valence-electron chi connectivity index (χ1n) is 7.47. The van der Waals surface area contributed by atoms with Gasteiger partial charge in [-0.25, -0.2) is 4.79 Å². The minimum atomic E-state index is -0.988. The van der Waals surface area contributed by atoms with Crippen molar-refractivity contribution in [2.45, 2.75) is 6.10 Å². The summed E-state index contributed by atoms with van der Waals surface area (Å²) in [6.45, 7) is 0. The van der Waals surface area contributed by atoms with Crippen molar-refractivity contribution in [2.75, 3.05) is 0 Å².